The first-order valence-corrected chi connectivity index (χ1v) is 7.69. The predicted octanol–water partition coefficient (Wildman–Crippen LogP) is 1.53. The smallest absolute Gasteiger partial charge is 0.243 e. The maximum Gasteiger partial charge on any atom is 0.243 e. The summed E-state index contributed by atoms with van der Waals surface area (Å²) in [5.41, 5.74) is 0.750. The first kappa shape index (κ1) is 13.5. The van der Waals surface area contributed by atoms with E-state index in [0.29, 0.717) is 11.4 Å². The molecule has 1 aromatic carbocycles. The summed E-state index contributed by atoms with van der Waals surface area (Å²) in [6, 6.07) is 6.72. The number of rotatable bonds is 3. The minimum Gasteiger partial charge on any atom is -0.395 e. The molecule has 0 aromatic heterocycles. The lowest BCUT2D eigenvalue weighted by Gasteiger charge is -2.33. The van der Waals surface area contributed by atoms with Gasteiger partial charge in [-0.15, -0.1) is 0 Å². The van der Waals surface area contributed by atoms with Gasteiger partial charge in [-0.05, 0) is 31.4 Å². The molecule has 1 aliphatic heterocycles. The Kier molecular flexibility index (Phi) is 4.04. The lowest BCUT2D eigenvalue weighted by Crippen LogP contribution is -2.45. The Balaban J connectivity index is 2.39. The monoisotopic (exact) mass is 269 g/mol. The summed E-state index contributed by atoms with van der Waals surface area (Å²) in [5.74, 6) is 0. The van der Waals surface area contributed by atoms with Crippen LogP contribution >= 0.6 is 0 Å². The number of hydrogen-bond acceptors (Lipinski definition) is 3. The van der Waals surface area contributed by atoms with E-state index in [1.807, 2.05) is 6.07 Å². The van der Waals surface area contributed by atoms with Gasteiger partial charge < -0.3 is 5.11 Å². The van der Waals surface area contributed by atoms with Gasteiger partial charge in [-0.25, -0.2) is 8.42 Å². The average Bonchev–Trinajstić information content (AvgIpc) is 2.39. The SMILES string of the molecule is Cc1ccccc1S(=O)(=O)N1CCCCC1CO. The van der Waals surface area contributed by atoms with Gasteiger partial charge in [0.15, 0.2) is 0 Å². The van der Waals surface area contributed by atoms with Crippen LogP contribution in [-0.4, -0.2) is 37.0 Å². The van der Waals surface area contributed by atoms with Crippen molar-refractivity contribution in [1.82, 2.24) is 4.31 Å². The number of aryl methyl sites for hydroxylation is 1. The molecule has 100 valence electrons. The van der Waals surface area contributed by atoms with E-state index >= 15 is 0 Å². The quantitative estimate of drug-likeness (QED) is 0.905. The fourth-order valence-electron chi connectivity index (χ4n) is 2.45. The second kappa shape index (κ2) is 5.38. The third-order valence-electron chi connectivity index (χ3n) is 3.46. The summed E-state index contributed by atoms with van der Waals surface area (Å²) in [6.07, 6.45) is 2.58. The predicted molar refractivity (Wildman–Crippen MR) is 69.8 cm³/mol. The molecule has 0 aliphatic carbocycles. The zero-order valence-corrected chi connectivity index (χ0v) is 11.4. The topological polar surface area (TPSA) is 57.6 Å². The van der Waals surface area contributed by atoms with Crippen LogP contribution in [0, 0.1) is 6.92 Å². The van der Waals surface area contributed by atoms with Gasteiger partial charge in [0, 0.05) is 12.6 Å². The van der Waals surface area contributed by atoms with E-state index in [1.54, 1.807) is 25.1 Å². The zero-order chi connectivity index (χ0) is 13.2. The van der Waals surface area contributed by atoms with E-state index in [0.717, 1.165) is 24.8 Å². The highest BCUT2D eigenvalue weighted by Gasteiger charge is 2.33. The maximum absolute atomic E-state index is 12.6. The van der Waals surface area contributed by atoms with Gasteiger partial charge in [-0.3, -0.25) is 0 Å². The molecule has 4 nitrogen and oxygen atoms in total. The number of hydrogen-bond donors (Lipinski definition) is 1. The van der Waals surface area contributed by atoms with Crippen molar-refractivity contribution in [3.63, 3.8) is 0 Å². The van der Waals surface area contributed by atoms with Crippen molar-refractivity contribution in [3.8, 4) is 0 Å². The third kappa shape index (κ3) is 2.43. The summed E-state index contributed by atoms with van der Waals surface area (Å²) in [5, 5.41) is 9.33. The molecule has 0 saturated carbocycles. The highest BCUT2D eigenvalue weighted by atomic mass is 32.2. The van der Waals surface area contributed by atoms with Gasteiger partial charge in [-0.1, -0.05) is 24.6 Å². The molecule has 1 fully saturated rings. The Morgan fingerprint density at radius 3 is 2.72 bits per heavy atom. The van der Waals surface area contributed by atoms with Gasteiger partial charge in [0.2, 0.25) is 10.0 Å². The number of sulfonamides is 1. The van der Waals surface area contributed by atoms with Crippen LogP contribution in [0.2, 0.25) is 0 Å². The van der Waals surface area contributed by atoms with Crippen molar-refractivity contribution in [3.05, 3.63) is 29.8 Å². The number of benzene rings is 1. The van der Waals surface area contributed by atoms with E-state index in [-0.39, 0.29) is 12.6 Å². The van der Waals surface area contributed by atoms with Crippen LogP contribution in [0.1, 0.15) is 24.8 Å². The first-order chi connectivity index (χ1) is 8.57. The second-order valence-corrected chi connectivity index (χ2v) is 6.57. The van der Waals surface area contributed by atoms with Gasteiger partial charge in [-0.2, -0.15) is 4.31 Å². The fraction of sp³-hybridized carbons (Fsp3) is 0.538. The highest BCUT2D eigenvalue weighted by molar-refractivity contribution is 7.89. The molecule has 1 saturated heterocycles. The summed E-state index contributed by atoms with van der Waals surface area (Å²) in [7, 11) is -3.48. The van der Waals surface area contributed by atoms with E-state index in [1.165, 1.54) is 4.31 Å². The normalized spacial score (nSPS) is 22.0. The molecule has 0 spiro atoms. The van der Waals surface area contributed by atoms with Gasteiger partial charge in [0.1, 0.15) is 0 Å². The lowest BCUT2D eigenvalue weighted by atomic mass is 10.1. The largest absolute Gasteiger partial charge is 0.395 e. The van der Waals surface area contributed by atoms with E-state index < -0.39 is 10.0 Å². The molecular weight excluding hydrogens is 250 g/mol. The molecule has 1 heterocycles. The average molecular weight is 269 g/mol. The molecule has 0 bridgehead atoms. The van der Waals surface area contributed by atoms with Crippen LogP contribution < -0.4 is 0 Å². The summed E-state index contributed by atoms with van der Waals surface area (Å²) in [4.78, 5) is 0.352. The first-order valence-electron chi connectivity index (χ1n) is 6.25. The van der Waals surface area contributed by atoms with Crippen molar-refractivity contribution in [2.24, 2.45) is 0 Å². The second-order valence-electron chi connectivity index (χ2n) is 4.71. The van der Waals surface area contributed by atoms with Crippen LogP contribution in [0.4, 0.5) is 0 Å². The summed E-state index contributed by atoms with van der Waals surface area (Å²) < 4.78 is 26.6. The third-order valence-corrected chi connectivity index (χ3v) is 5.58. The van der Waals surface area contributed by atoms with E-state index in [9.17, 15) is 13.5 Å². The van der Waals surface area contributed by atoms with Crippen LogP contribution in [0.15, 0.2) is 29.2 Å². The Hall–Kier alpha value is -0.910. The molecule has 0 radical (unpaired) electrons. The lowest BCUT2D eigenvalue weighted by molar-refractivity contribution is 0.155. The van der Waals surface area contributed by atoms with Gasteiger partial charge in [0.05, 0.1) is 11.5 Å². The number of piperidine rings is 1. The van der Waals surface area contributed by atoms with E-state index in [4.69, 9.17) is 0 Å². The fourth-order valence-corrected chi connectivity index (χ4v) is 4.36. The molecular formula is C13H19NO3S. The molecule has 5 heteroatoms. The number of aliphatic hydroxyl groups is 1. The van der Waals surface area contributed by atoms with Crippen LogP contribution in [0.5, 0.6) is 0 Å². The van der Waals surface area contributed by atoms with Gasteiger partial charge >= 0.3 is 0 Å². The standard InChI is InChI=1S/C13H19NO3S/c1-11-6-2-3-8-13(11)18(16,17)14-9-5-4-7-12(14)10-15/h2-3,6,8,12,15H,4-5,7,9-10H2,1H3. The molecule has 1 atom stereocenters. The molecule has 0 amide bonds. The molecule has 1 N–H and O–H groups in total. The molecule has 2 rings (SSSR count). The van der Waals surface area contributed by atoms with Crippen molar-refractivity contribution >= 4 is 10.0 Å². The highest BCUT2D eigenvalue weighted by Crippen LogP contribution is 2.26. The Morgan fingerprint density at radius 1 is 1.33 bits per heavy atom. The van der Waals surface area contributed by atoms with Crippen LogP contribution in [0.25, 0.3) is 0 Å². The van der Waals surface area contributed by atoms with Crippen LogP contribution in [0.3, 0.4) is 0 Å². The van der Waals surface area contributed by atoms with Crippen LogP contribution in [-0.2, 0) is 10.0 Å². The molecule has 1 aromatic rings. The van der Waals surface area contributed by atoms with E-state index in [2.05, 4.69) is 0 Å². The van der Waals surface area contributed by atoms with Gasteiger partial charge in [0.25, 0.3) is 0 Å². The summed E-state index contributed by atoms with van der Waals surface area (Å²) >= 11 is 0. The zero-order valence-electron chi connectivity index (χ0n) is 10.5. The molecule has 1 aliphatic rings. The van der Waals surface area contributed by atoms with Crippen molar-refractivity contribution < 1.29 is 13.5 Å². The molecule has 1 unspecified atom stereocenters. The minimum absolute atomic E-state index is 0.106. The summed E-state index contributed by atoms with van der Waals surface area (Å²) in [6.45, 7) is 2.19. The Bertz CT molecular complexity index is 513. The van der Waals surface area contributed by atoms with Crippen molar-refractivity contribution in [2.45, 2.75) is 37.1 Å². The molecule has 18 heavy (non-hydrogen) atoms. The van der Waals surface area contributed by atoms with Crippen molar-refractivity contribution in [2.75, 3.05) is 13.2 Å². The minimum atomic E-state index is -3.48. The number of aliphatic hydroxyl groups excluding tert-OH is 1. The Labute approximate surface area is 108 Å². The van der Waals surface area contributed by atoms with Crippen molar-refractivity contribution in [1.29, 1.82) is 0 Å². The number of nitrogens with zero attached hydrogens (tertiary/aromatic N) is 1. The maximum atomic E-state index is 12.6. The Morgan fingerprint density at radius 2 is 2.06 bits per heavy atom.